The van der Waals surface area contributed by atoms with Crippen molar-refractivity contribution in [3.63, 3.8) is 0 Å². The van der Waals surface area contributed by atoms with E-state index in [1.54, 1.807) is 12.1 Å². The molecule has 5 nitrogen and oxygen atoms in total. The molecule has 0 radical (unpaired) electrons. The summed E-state index contributed by atoms with van der Waals surface area (Å²) in [7, 11) is 0. The van der Waals surface area contributed by atoms with Crippen LogP contribution in [0.4, 0.5) is 14.9 Å². The summed E-state index contributed by atoms with van der Waals surface area (Å²) in [4.78, 5) is 12.7. The van der Waals surface area contributed by atoms with E-state index < -0.39 is 0 Å². The van der Waals surface area contributed by atoms with Crippen LogP contribution in [0.25, 0.3) is 0 Å². The van der Waals surface area contributed by atoms with Gasteiger partial charge in [-0.1, -0.05) is 36.4 Å². The quantitative estimate of drug-likeness (QED) is 0.616. The average molecular weight is 406 g/mol. The Morgan fingerprint density at radius 3 is 2.47 bits per heavy atom. The molecule has 3 aromatic rings. The summed E-state index contributed by atoms with van der Waals surface area (Å²) in [6, 6.07) is 19.2. The van der Waals surface area contributed by atoms with Gasteiger partial charge in [-0.3, -0.25) is 0 Å². The van der Waals surface area contributed by atoms with Gasteiger partial charge in [-0.2, -0.15) is 0 Å². The molecular formula is C24H23FN2O3. The molecule has 2 N–H and O–H groups in total. The van der Waals surface area contributed by atoms with Gasteiger partial charge in [-0.25, -0.2) is 9.18 Å². The molecular weight excluding hydrogens is 383 g/mol. The number of aryl methyl sites for hydroxylation is 1. The number of ether oxygens (including phenoxy) is 2. The van der Waals surface area contributed by atoms with Crippen molar-refractivity contribution in [2.45, 2.75) is 25.8 Å². The van der Waals surface area contributed by atoms with Crippen molar-refractivity contribution in [3.05, 3.63) is 89.2 Å². The Morgan fingerprint density at radius 2 is 1.67 bits per heavy atom. The second-order valence-electron chi connectivity index (χ2n) is 7.33. The number of carbonyl (C=O) groups excluding carboxylic acids is 1. The van der Waals surface area contributed by atoms with Crippen molar-refractivity contribution in [1.29, 1.82) is 0 Å². The van der Waals surface area contributed by atoms with Gasteiger partial charge in [0.05, 0.1) is 0 Å². The minimum atomic E-state index is -0.281. The van der Waals surface area contributed by atoms with E-state index in [0.29, 0.717) is 18.6 Å². The highest BCUT2D eigenvalue weighted by Crippen LogP contribution is 2.33. The molecule has 0 fully saturated rings. The third-order valence-corrected chi connectivity index (χ3v) is 5.04. The summed E-state index contributed by atoms with van der Waals surface area (Å²) in [6.45, 7) is 2.16. The molecule has 0 saturated carbocycles. The Labute approximate surface area is 174 Å². The maximum absolute atomic E-state index is 13.3. The molecule has 0 saturated heterocycles. The number of hydrogen-bond donors (Lipinski definition) is 2. The predicted octanol–water partition coefficient (Wildman–Crippen LogP) is 4.84. The molecule has 1 aliphatic rings. The fourth-order valence-electron chi connectivity index (χ4n) is 3.49. The molecule has 0 bridgehead atoms. The summed E-state index contributed by atoms with van der Waals surface area (Å²) < 4.78 is 24.1. The summed E-state index contributed by atoms with van der Waals surface area (Å²) in [5, 5.41) is 5.96. The van der Waals surface area contributed by atoms with Gasteiger partial charge < -0.3 is 20.1 Å². The van der Waals surface area contributed by atoms with E-state index in [-0.39, 0.29) is 24.7 Å². The molecule has 1 aliphatic heterocycles. The van der Waals surface area contributed by atoms with Crippen LogP contribution in [-0.4, -0.2) is 18.9 Å². The molecule has 6 heteroatoms. The maximum Gasteiger partial charge on any atom is 0.319 e. The van der Waals surface area contributed by atoms with Crippen molar-refractivity contribution < 1.29 is 18.7 Å². The standard InChI is InChI=1S/C24H23FN2O3/c1-16-4-2-3-5-21(16)27-24(28)26-20(12-17-6-9-19(25)10-7-17)13-18-8-11-22-23(14-18)30-15-29-22/h2-11,14,20H,12-13,15H2,1H3,(H2,26,27,28)/t20-/m0/s1. The smallest absolute Gasteiger partial charge is 0.319 e. The number of hydrogen-bond acceptors (Lipinski definition) is 3. The highest BCUT2D eigenvalue weighted by molar-refractivity contribution is 5.90. The Kier molecular flexibility index (Phi) is 5.84. The molecule has 2 amide bonds. The van der Waals surface area contributed by atoms with E-state index in [4.69, 9.17) is 9.47 Å². The first kappa shape index (κ1) is 19.8. The topological polar surface area (TPSA) is 59.6 Å². The van der Waals surface area contributed by atoms with Crippen LogP contribution >= 0.6 is 0 Å². The third kappa shape index (κ3) is 4.89. The zero-order valence-corrected chi connectivity index (χ0v) is 16.7. The number of benzene rings is 3. The van der Waals surface area contributed by atoms with Crippen LogP contribution in [0.1, 0.15) is 16.7 Å². The molecule has 154 valence electrons. The number of amides is 2. The lowest BCUT2D eigenvalue weighted by Crippen LogP contribution is -2.40. The first-order valence-electron chi connectivity index (χ1n) is 9.83. The molecule has 30 heavy (non-hydrogen) atoms. The third-order valence-electron chi connectivity index (χ3n) is 5.04. The van der Waals surface area contributed by atoms with Crippen LogP contribution in [0.2, 0.25) is 0 Å². The van der Waals surface area contributed by atoms with Gasteiger partial charge in [0.2, 0.25) is 6.79 Å². The van der Waals surface area contributed by atoms with Crippen molar-refractivity contribution in [1.82, 2.24) is 5.32 Å². The summed E-state index contributed by atoms with van der Waals surface area (Å²) in [5.41, 5.74) is 3.71. The lowest BCUT2D eigenvalue weighted by atomic mass is 9.98. The van der Waals surface area contributed by atoms with E-state index in [2.05, 4.69) is 10.6 Å². The minimum absolute atomic E-state index is 0.195. The molecule has 0 aromatic heterocycles. The molecule has 0 unspecified atom stereocenters. The van der Waals surface area contributed by atoms with E-state index >= 15 is 0 Å². The van der Waals surface area contributed by atoms with E-state index in [1.165, 1.54) is 12.1 Å². The molecule has 0 spiro atoms. The monoisotopic (exact) mass is 406 g/mol. The number of urea groups is 1. The second kappa shape index (κ2) is 8.86. The number of para-hydroxylation sites is 1. The number of halogens is 1. The van der Waals surface area contributed by atoms with Crippen LogP contribution in [0, 0.1) is 12.7 Å². The zero-order chi connectivity index (χ0) is 20.9. The van der Waals surface area contributed by atoms with Crippen LogP contribution in [0.3, 0.4) is 0 Å². The van der Waals surface area contributed by atoms with Crippen molar-refractivity contribution in [2.24, 2.45) is 0 Å². The van der Waals surface area contributed by atoms with Gasteiger partial charge in [-0.15, -0.1) is 0 Å². The molecule has 1 heterocycles. The van der Waals surface area contributed by atoms with Crippen molar-refractivity contribution >= 4 is 11.7 Å². The lowest BCUT2D eigenvalue weighted by molar-refractivity contribution is 0.174. The summed E-state index contributed by atoms with van der Waals surface area (Å²) >= 11 is 0. The number of carbonyl (C=O) groups is 1. The van der Waals surface area contributed by atoms with Gasteiger partial charge in [0.1, 0.15) is 5.82 Å². The zero-order valence-electron chi connectivity index (χ0n) is 16.7. The van der Waals surface area contributed by atoms with Crippen LogP contribution in [0.5, 0.6) is 11.5 Å². The highest BCUT2D eigenvalue weighted by atomic mass is 19.1. The SMILES string of the molecule is Cc1ccccc1NC(=O)N[C@@H](Cc1ccc(F)cc1)Cc1ccc2c(c1)OCO2. The molecule has 1 atom stereocenters. The summed E-state index contributed by atoms with van der Waals surface area (Å²) in [6.07, 6.45) is 1.16. The fraction of sp³-hybridized carbons (Fsp3) is 0.208. The first-order valence-corrected chi connectivity index (χ1v) is 9.83. The van der Waals surface area contributed by atoms with Crippen molar-refractivity contribution in [3.8, 4) is 11.5 Å². The van der Waals surface area contributed by atoms with Gasteiger partial charge in [0.15, 0.2) is 11.5 Å². The van der Waals surface area contributed by atoms with Gasteiger partial charge in [-0.05, 0) is 66.8 Å². The van der Waals surface area contributed by atoms with Gasteiger partial charge in [0, 0.05) is 11.7 Å². The Morgan fingerprint density at radius 1 is 0.967 bits per heavy atom. The molecule has 3 aromatic carbocycles. The first-order chi connectivity index (χ1) is 14.6. The van der Waals surface area contributed by atoms with Gasteiger partial charge in [0.25, 0.3) is 0 Å². The van der Waals surface area contributed by atoms with E-state index in [0.717, 1.165) is 28.1 Å². The van der Waals surface area contributed by atoms with Crippen molar-refractivity contribution in [2.75, 3.05) is 12.1 Å². The number of nitrogens with one attached hydrogen (secondary N) is 2. The average Bonchev–Trinajstić information content (AvgIpc) is 3.19. The van der Waals surface area contributed by atoms with E-state index in [9.17, 15) is 9.18 Å². The van der Waals surface area contributed by atoms with Gasteiger partial charge >= 0.3 is 6.03 Å². The number of rotatable bonds is 6. The summed E-state index contributed by atoms with van der Waals surface area (Å²) in [5.74, 6) is 1.15. The highest BCUT2D eigenvalue weighted by Gasteiger charge is 2.18. The largest absolute Gasteiger partial charge is 0.454 e. The van der Waals surface area contributed by atoms with E-state index in [1.807, 2.05) is 49.4 Å². The number of anilines is 1. The second-order valence-corrected chi connectivity index (χ2v) is 7.33. The maximum atomic E-state index is 13.3. The Hall–Kier alpha value is -3.54. The van der Waals surface area contributed by atoms with Crippen LogP contribution < -0.4 is 20.1 Å². The minimum Gasteiger partial charge on any atom is -0.454 e. The fourth-order valence-corrected chi connectivity index (χ4v) is 3.49. The van der Waals surface area contributed by atoms with Crippen LogP contribution in [0.15, 0.2) is 66.7 Å². The number of fused-ring (bicyclic) bond motifs is 1. The predicted molar refractivity (Wildman–Crippen MR) is 113 cm³/mol. The Bertz CT molecular complexity index is 1040. The molecule has 4 rings (SSSR count). The Balaban J connectivity index is 1.49. The lowest BCUT2D eigenvalue weighted by Gasteiger charge is -2.20. The molecule has 0 aliphatic carbocycles. The normalized spacial score (nSPS) is 13.0. The van der Waals surface area contributed by atoms with Crippen LogP contribution in [-0.2, 0) is 12.8 Å².